The predicted molar refractivity (Wildman–Crippen MR) is 91.1 cm³/mol. The van der Waals surface area contributed by atoms with E-state index in [2.05, 4.69) is 63.3 Å². The van der Waals surface area contributed by atoms with Gasteiger partial charge in [0.2, 0.25) is 0 Å². The van der Waals surface area contributed by atoms with Gasteiger partial charge in [-0.2, -0.15) is 0 Å². The SMILES string of the molecule is CCc1nc(-c2ccc3c(c2)CCN3C)nc(NC)c1Br. The molecule has 2 heterocycles. The van der Waals surface area contributed by atoms with Crippen molar-refractivity contribution in [1.82, 2.24) is 9.97 Å². The lowest BCUT2D eigenvalue weighted by molar-refractivity contribution is 0.956. The highest BCUT2D eigenvalue weighted by molar-refractivity contribution is 9.10. The lowest BCUT2D eigenvalue weighted by atomic mass is 10.1. The first-order chi connectivity index (χ1) is 10.1. The molecule has 0 bridgehead atoms. The molecule has 3 rings (SSSR count). The van der Waals surface area contributed by atoms with Crippen LogP contribution >= 0.6 is 15.9 Å². The minimum atomic E-state index is 0.789. The van der Waals surface area contributed by atoms with Gasteiger partial charge in [-0.1, -0.05) is 6.92 Å². The van der Waals surface area contributed by atoms with Gasteiger partial charge in [-0.25, -0.2) is 9.97 Å². The minimum absolute atomic E-state index is 0.789. The van der Waals surface area contributed by atoms with E-state index < -0.39 is 0 Å². The first kappa shape index (κ1) is 14.3. The fourth-order valence-corrected chi connectivity index (χ4v) is 3.38. The van der Waals surface area contributed by atoms with Crippen molar-refractivity contribution in [2.75, 3.05) is 30.9 Å². The summed E-state index contributed by atoms with van der Waals surface area (Å²) in [4.78, 5) is 11.6. The Balaban J connectivity index is 2.08. The second-order valence-electron chi connectivity index (χ2n) is 5.28. The van der Waals surface area contributed by atoms with E-state index >= 15 is 0 Å². The Morgan fingerprint density at radius 3 is 2.86 bits per heavy atom. The number of benzene rings is 1. The van der Waals surface area contributed by atoms with Gasteiger partial charge in [-0.05, 0) is 52.5 Å². The number of hydrogen-bond acceptors (Lipinski definition) is 4. The molecule has 0 saturated carbocycles. The zero-order valence-corrected chi connectivity index (χ0v) is 14.2. The average molecular weight is 347 g/mol. The van der Waals surface area contributed by atoms with E-state index in [4.69, 9.17) is 4.98 Å². The Hall–Kier alpha value is -1.62. The summed E-state index contributed by atoms with van der Waals surface area (Å²) < 4.78 is 0.956. The van der Waals surface area contributed by atoms with Crippen molar-refractivity contribution < 1.29 is 0 Å². The van der Waals surface area contributed by atoms with Gasteiger partial charge in [0.1, 0.15) is 5.82 Å². The molecule has 2 aromatic rings. The number of aryl methyl sites for hydroxylation is 1. The van der Waals surface area contributed by atoms with Crippen LogP contribution in [0.4, 0.5) is 11.5 Å². The summed E-state index contributed by atoms with van der Waals surface area (Å²) in [5.74, 6) is 1.63. The van der Waals surface area contributed by atoms with Crippen LogP contribution in [-0.4, -0.2) is 30.6 Å². The fourth-order valence-electron chi connectivity index (χ4n) is 2.73. The van der Waals surface area contributed by atoms with Crippen LogP contribution in [0.5, 0.6) is 0 Å². The number of aromatic nitrogens is 2. The number of nitrogens with one attached hydrogen (secondary N) is 1. The molecule has 0 atom stereocenters. The van der Waals surface area contributed by atoms with Crippen LogP contribution in [0.2, 0.25) is 0 Å². The van der Waals surface area contributed by atoms with Gasteiger partial charge in [-0.15, -0.1) is 0 Å². The van der Waals surface area contributed by atoms with Crippen molar-refractivity contribution in [3.8, 4) is 11.4 Å². The summed E-state index contributed by atoms with van der Waals surface area (Å²) in [6.07, 6.45) is 1.97. The first-order valence-corrected chi connectivity index (χ1v) is 8.02. The molecule has 1 aliphatic heterocycles. The number of anilines is 2. The van der Waals surface area contributed by atoms with Gasteiger partial charge in [0.15, 0.2) is 5.82 Å². The van der Waals surface area contributed by atoms with Crippen LogP contribution in [-0.2, 0) is 12.8 Å². The first-order valence-electron chi connectivity index (χ1n) is 7.22. The highest BCUT2D eigenvalue weighted by Gasteiger charge is 2.18. The Bertz CT molecular complexity index is 659. The molecule has 1 aromatic heterocycles. The van der Waals surface area contributed by atoms with Crippen molar-refractivity contribution in [3.63, 3.8) is 0 Å². The molecule has 110 valence electrons. The third-order valence-corrected chi connectivity index (χ3v) is 4.79. The van der Waals surface area contributed by atoms with Crippen molar-refractivity contribution in [3.05, 3.63) is 33.9 Å². The number of hydrogen-bond donors (Lipinski definition) is 1. The second kappa shape index (κ2) is 5.64. The Kier molecular flexibility index (Phi) is 3.85. The highest BCUT2D eigenvalue weighted by Crippen LogP contribution is 2.32. The summed E-state index contributed by atoms with van der Waals surface area (Å²) >= 11 is 3.57. The molecule has 0 fully saturated rings. The number of nitrogens with zero attached hydrogens (tertiary/aromatic N) is 3. The molecule has 1 N–H and O–H groups in total. The number of likely N-dealkylation sites (N-methyl/N-ethyl adjacent to an activating group) is 1. The lowest BCUT2D eigenvalue weighted by Gasteiger charge is -2.13. The zero-order chi connectivity index (χ0) is 15.0. The van der Waals surface area contributed by atoms with E-state index in [1.165, 1.54) is 11.3 Å². The molecule has 0 amide bonds. The molecule has 1 aliphatic rings. The normalized spacial score (nSPS) is 13.4. The maximum atomic E-state index is 4.70. The molecule has 0 radical (unpaired) electrons. The minimum Gasteiger partial charge on any atom is -0.374 e. The molecular formula is C16H19BrN4. The lowest BCUT2D eigenvalue weighted by Crippen LogP contribution is -2.12. The van der Waals surface area contributed by atoms with Crippen molar-refractivity contribution in [2.24, 2.45) is 0 Å². The maximum Gasteiger partial charge on any atom is 0.161 e. The third kappa shape index (κ3) is 2.50. The summed E-state index contributed by atoms with van der Waals surface area (Å²) in [7, 11) is 4.02. The second-order valence-corrected chi connectivity index (χ2v) is 6.07. The molecule has 4 nitrogen and oxygen atoms in total. The number of fused-ring (bicyclic) bond motifs is 1. The van der Waals surface area contributed by atoms with E-state index in [1.54, 1.807) is 0 Å². The van der Waals surface area contributed by atoms with Crippen LogP contribution in [0.3, 0.4) is 0 Å². The topological polar surface area (TPSA) is 41.1 Å². The third-order valence-electron chi connectivity index (χ3n) is 3.96. The average Bonchev–Trinajstić information content (AvgIpc) is 2.88. The van der Waals surface area contributed by atoms with Gasteiger partial charge < -0.3 is 10.2 Å². The van der Waals surface area contributed by atoms with Crippen LogP contribution in [0, 0.1) is 0 Å². The van der Waals surface area contributed by atoms with Gasteiger partial charge in [0.05, 0.1) is 10.2 Å². The molecular weight excluding hydrogens is 328 g/mol. The zero-order valence-electron chi connectivity index (χ0n) is 12.6. The quantitative estimate of drug-likeness (QED) is 0.923. The number of halogens is 1. The van der Waals surface area contributed by atoms with Crippen LogP contribution in [0.25, 0.3) is 11.4 Å². The summed E-state index contributed by atoms with van der Waals surface area (Å²) in [6, 6.07) is 6.51. The number of rotatable bonds is 3. The van der Waals surface area contributed by atoms with E-state index in [1.807, 2.05) is 7.05 Å². The molecule has 5 heteroatoms. The molecule has 0 saturated heterocycles. The standard InChI is InChI=1S/C16H19BrN4/c1-4-12-14(17)16(18-2)20-15(19-12)11-5-6-13-10(9-11)7-8-21(13)3/h5-6,9H,4,7-8H2,1-3H3,(H,18,19,20). The molecule has 21 heavy (non-hydrogen) atoms. The highest BCUT2D eigenvalue weighted by atomic mass is 79.9. The van der Waals surface area contributed by atoms with Crippen molar-refractivity contribution >= 4 is 27.4 Å². The van der Waals surface area contributed by atoms with Crippen LogP contribution < -0.4 is 10.2 Å². The van der Waals surface area contributed by atoms with E-state index in [9.17, 15) is 0 Å². The maximum absolute atomic E-state index is 4.70. The Labute approximate surface area is 133 Å². The van der Waals surface area contributed by atoms with Crippen molar-refractivity contribution in [2.45, 2.75) is 19.8 Å². The molecule has 0 aliphatic carbocycles. The van der Waals surface area contributed by atoms with Crippen molar-refractivity contribution in [1.29, 1.82) is 0 Å². The largest absolute Gasteiger partial charge is 0.374 e. The van der Waals surface area contributed by atoms with Crippen LogP contribution in [0.1, 0.15) is 18.2 Å². The summed E-state index contributed by atoms with van der Waals surface area (Å²) in [5, 5.41) is 3.13. The molecule has 0 unspecified atom stereocenters. The summed E-state index contributed by atoms with van der Waals surface area (Å²) in [5.41, 5.74) is 4.82. The fraction of sp³-hybridized carbons (Fsp3) is 0.375. The molecule has 0 spiro atoms. The smallest absolute Gasteiger partial charge is 0.161 e. The predicted octanol–water partition coefficient (Wildman–Crippen LogP) is 3.50. The van der Waals surface area contributed by atoms with Gasteiger partial charge >= 0.3 is 0 Å². The Morgan fingerprint density at radius 2 is 2.14 bits per heavy atom. The monoisotopic (exact) mass is 346 g/mol. The molecule has 1 aromatic carbocycles. The Morgan fingerprint density at radius 1 is 1.33 bits per heavy atom. The van der Waals surface area contributed by atoms with Gasteiger partial charge in [0, 0.05) is 31.9 Å². The van der Waals surface area contributed by atoms with E-state index in [-0.39, 0.29) is 0 Å². The van der Waals surface area contributed by atoms with E-state index in [0.29, 0.717) is 0 Å². The van der Waals surface area contributed by atoms with E-state index in [0.717, 1.165) is 46.8 Å². The van der Waals surface area contributed by atoms with Crippen LogP contribution in [0.15, 0.2) is 22.7 Å². The van der Waals surface area contributed by atoms with Gasteiger partial charge in [-0.3, -0.25) is 0 Å². The van der Waals surface area contributed by atoms with Gasteiger partial charge in [0.25, 0.3) is 0 Å². The summed E-state index contributed by atoms with van der Waals surface area (Å²) in [6.45, 7) is 3.19.